The van der Waals surface area contributed by atoms with Crippen molar-refractivity contribution in [1.29, 1.82) is 0 Å². The van der Waals surface area contributed by atoms with Crippen LogP contribution in [0, 0.1) is 0 Å². The van der Waals surface area contributed by atoms with Crippen molar-refractivity contribution in [3.8, 4) is 22.5 Å². The first-order chi connectivity index (χ1) is 12.7. The number of hydrogen-bond donors (Lipinski definition) is 3. The molecule has 0 aliphatic rings. The third-order valence-electron chi connectivity index (χ3n) is 4.23. The van der Waals surface area contributed by atoms with E-state index in [-0.39, 0.29) is 5.69 Å². The van der Waals surface area contributed by atoms with E-state index in [9.17, 15) is 4.79 Å². The van der Waals surface area contributed by atoms with Gasteiger partial charge in [0.25, 0.3) is 0 Å². The number of nitrogens with one attached hydrogen (secondary N) is 3. The van der Waals surface area contributed by atoms with Gasteiger partial charge in [0.1, 0.15) is 0 Å². The largest absolute Gasteiger partial charge is 0.368 e. The molecule has 2 heterocycles. The SMILES string of the molecule is CCCNc1n[nH]c2ccc(-c3cc(-c4ccccc4)[nH]c(=O)n3)cc12. The van der Waals surface area contributed by atoms with Crippen LogP contribution in [0.1, 0.15) is 13.3 Å². The van der Waals surface area contributed by atoms with Gasteiger partial charge in [-0.3, -0.25) is 5.10 Å². The number of anilines is 1. The van der Waals surface area contributed by atoms with E-state index in [1.807, 2.05) is 54.6 Å². The van der Waals surface area contributed by atoms with Crippen LogP contribution in [0.3, 0.4) is 0 Å². The molecule has 0 unspecified atom stereocenters. The first-order valence-electron chi connectivity index (χ1n) is 8.64. The fourth-order valence-electron chi connectivity index (χ4n) is 2.93. The molecule has 26 heavy (non-hydrogen) atoms. The Hall–Kier alpha value is -3.41. The number of aromatic nitrogens is 4. The zero-order valence-electron chi connectivity index (χ0n) is 14.4. The average Bonchev–Trinajstić information content (AvgIpc) is 3.09. The predicted molar refractivity (Wildman–Crippen MR) is 104 cm³/mol. The van der Waals surface area contributed by atoms with Crippen LogP contribution in [0.5, 0.6) is 0 Å². The highest BCUT2D eigenvalue weighted by atomic mass is 16.1. The van der Waals surface area contributed by atoms with Crippen LogP contribution >= 0.6 is 0 Å². The number of nitrogens with zero attached hydrogens (tertiary/aromatic N) is 2. The van der Waals surface area contributed by atoms with Gasteiger partial charge in [-0.15, -0.1) is 0 Å². The van der Waals surface area contributed by atoms with Crippen molar-refractivity contribution in [2.24, 2.45) is 0 Å². The zero-order valence-corrected chi connectivity index (χ0v) is 14.4. The number of H-pyrrole nitrogens is 2. The summed E-state index contributed by atoms with van der Waals surface area (Å²) in [5, 5.41) is 11.6. The second-order valence-electron chi connectivity index (χ2n) is 6.11. The van der Waals surface area contributed by atoms with Gasteiger partial charge in [-0.1, -0.05) is 43.3 Å². The third-order valence-corrected chi connectivity index (χ3v) is 4.23. The number of hydrogen-bond acceptors (Lipinski definition) is 4. The molecule has 4 rings (SSSR count). The predicted octanol–water partition coefficient (Wildman–Crippen LogP) is 3.80. The molecule has 6 heteroatoms. The second kappa shape index (κ2) is 6.84. The molecule has 3 N–H and O–H groups in total. The van der Waals surface area contributed by atoms with Gasteiger partial charge in [-0.2, -0.15) is 10.1 Å². The smallest absolute Gasteiger partial charge is 0.345 e. The molecule has 130 valence electrons. The maximum Gasteiger partial charge on any atom is 0.345 e. The molecule has 0 spiro atoms. The Labute approximate surface area is 150 Å². The molecule has 2 aromatic carbocycles. The van der Waals surface area contributed by atoms with Crippen LogP contribution in [0.2, 0.25) is 0 Å². The average molecular weight is 345 g/mol. The van der Waals surface area contributed by atoms with Crippen LogP contribution < -0.4 is 11.0 Å². The highest BCUT2D eigenvalue weighted by Gasteiger charge is 2.10. The van der Waals surface area contributed by atoms with Crippen LogP contribution in [-0.4, -0.2) is 26.7 Å². The van der Waals surface area contributed by atoms with E-state index in [4.69, 9.17) is 0 Å². The zero-order chi connectivity index (χ0) is 17.9. The fourth-order valence-corrected chi connectivity index (χ4v) is 2.93. The molecule has 0 aliphatic carbocycles. The summed E-state index contributed by atoms with van der Waals surface area (Å²) in [6.07, 6.45) is 1.02. The first-order valence-corrected chi connectivity index (χ1v) is 8.64. The normalized spacial score (nSPS) is 11.0. The number of fused-ring (bicyclic) bond motifs is 1. The van der Waals surface area contributed by atoms with E-state index in [2.05, 4.69) is 32.4 Å². The van der Waals surface area contributed by atoms with Gasteiger partial charge in [-0.25, -0.2) is 4.79 Å². The summed E-state index contributed by atoms with van der Waals surface area (Å²) in [7, 11) is 0. The Balaban J connectivity index is 1.80. The molecule has 0 aliphatic heterocycles. The summed E-state index contributed by atoms with van der Waals surface area (Å²) in [5.41, 5.74) is 3.79. The van der Waals surface area contributed by atoms with Gasteiger partial charge in [0.2, 0.25) is 0 Å². The molecule has 2 aromatic heterocycles. The molecule has 0 bridgehead atoms. The molecule has 0 saturated carbocycles. The molecule has 6 nitrogen and oxygen atoms in total. The Kier molecular flexibility index (Phi) is 4.23. The summed E-state index contributed by atoms with van der Waals surface area (Å²) in [6.45, 7) is 2.96. The topological polar surface area (TPSA) is 86.5 Å². The van der Waals surface area contributed by atoms with Gasteiger partial charge in [-0.05, 0) is 30.2 Å². The van der Waals surface area contributed by atoms with Crippen LogP contribution in [0.25, 0.3) is 33.4 Å². The molecule has 0 atom stereocenters. The van der Waals surface area contributed by atoms with Gasteiger partial charge in [0.15, 0.2) is 5.82 Å². The van der Waals surface area contributed by atoms with Gasteiger partial charge < -0.3 is 10.3 Å². The summed E-state index contributed by atoms with van der Waals surface area (Å²) in [4.78, 5) is 19.0. The van der Waals surface area contributed by atoms with Crippen molar-refractivity contribution in [3.63, 3.8) is 0 Å². The summed E-state index contributed by atoms with van der Waals surface area (Å²) in [5.74, 6) is 0.817. The summed E-state index contributed by atoms with van der Waals surface area (Å²) < 4.78 is 0. The van der Waals surface area contributed by atoms with Gasteiger partial charge in [0.05, 0.1) is 16.9 Å². The Morgan fingerprint density at radius 3 is 2.69 bits per heavy atom. The number of aromatic amines is 2. The lowest BCUT2D eigenvalue weighted by atomic mass is 10.1. The molecule has 4 aromatic rings. The molecule has 0 fully saturated rings. The number of benzene rings is 2. The Morgan fingerprint density at radius 2 is 1.88 bits per heavy atom. The Bertz CT molecular complexity index is 1100. The minimum Gasteiger partial charge on any atom is -0.368 e. The van der Waals surface area contributed by atoms with Crippen LogP contribution in [0.15, 0.2) is 59.4 Å². The quantitative estimate of drug-likeness (QED) is 0.513. The van der Waals surface area contributed by atoms with Crippen LogP contribution in [0.4, 0.5) is 5.82 Å². The minimum absolute atomic E-state index is 0.363. The third kappa shape index (κ3) is 3.09. The number of rotatable bonds is 5. The highest BCUT2D eigenvalue weighted by molar-refractivity contribution is 5.93. The van der Waals surface area contributed by atoms with Crippen molar-refractivity contribution in [3.05, 3.63) is 65.1 Å². The van der Waals surface area contributed by atoms with Crippen molar-refractivity contribution in [2.75, 3.05) is 11.9 Å². The maximum absolute atomic E-state index is 12.1. The molecule has 0 radical (unpaired) electrons. The van der Waals surface area contributed by atoms with Crippen molar-refractivity contribution < 1.29 is 0 Å². The highest BCUT2D eigenvalue weighted by Crippen LogP contribution is 2.27. The first kappa shape index (κ1) is 16.1. The molecular formula is C20H19N5O. The van der Waals surface area contributed by atoms with Crippen molar-refractivity contribution in [1.82, 2.24) is 20.2 Å². The second-order valence-corrected chi connectivity index (χ2v) is 6.11. The molecular weight excluding hydrogens is 326 g/mol. The van der Waals surface area contributed by atoms with Crippen LogP contribution in [-0.2, 0) is 0 Å². The molecule has 0 amide bonds. The Morgan fingerprint density at radius 1 is 1.04 bits per heavy atom. The van der Waals surface area contributed by atoms with Crippen molar-refractivity contribution >= 4 is 16.7 Å². The monoisotopic (exact) mass is 345 g/mol. The fraction of sp³-hybridized carbons (Fsp3) is 0.150. The van der Waals surface area contributed by atoms with E-state index in [1.54, 1.807) is 0 Å². The van der Waals surface area contributed by atoms with E-state index in [0.717, 1.165) is 46.5 Å². The standard InChI is InChI=1S/C20H19N5O/c1-2-10-21-19-15-11-14(8-9-16(15)24-25-19)18-12-17(22-20(26)23-18)13-6-4-3-5-7-13/h3-9,11-12H,2,10H2,1H3,(H2,21,24,25)(H,22,23,26). The minimum atomic E-state index is -0.363. The van der Waals surface area contributed by atoms with E-state index in [0.29, 0.717) is 5.69 Å². The summed E-state index contributed by atoms with van der Waals surface area (Å²) in [6, 6.07) is 17.6. The summed E-state index contributed by atoms with van der Waals surface area (Å²) >= 11 is 0. The lowest BCUT2D eigenvalue weighted by Gasteiger charge is -2.06. The van der Waals surface area contributed by atoms with Gasteiger partial charge in [0, 0.05) is 17.5 Å². The van der Waals surface area contributed by atoms with Gasteiger partial charge >= 0.3 is 5.69 Å². The molecule has 0 saturated heterocycles. The van der Waals surface area contributed by atoms with E-state index < -0.39 is 0 Å². The lowest BCUT2D eigenvalue weighted by molar-refractivity contribution is 0.963. The van der Waals surface area contributed by atoms with Crippen molar-refractivity contribution in [2.45, 2.75) is 13.3 Å². The van der Waals surface area contributed by atoms with E-state index >= 15 is 0 Å². The maximum atomic E-state index is 12.1. The lowest BCUT2D eigenvalue weighted by Crippen LogP contribution is -2.11. The van der Waals surface area contributed by atoms with E-state index in [1.165, 1.54) is 0 Å².